The van der Waals surface area contributed by atoms with Crippen molar-refractivity contribution in [2.45, 2.75) is 67.9 Å². The number of hydrogen-bond donors (Lipinski definition) is 0. The third-order valence-electron chi connectivity index (χ3n) is 5.23. The second kappa shape index (κ2) is 5.90. The average Bonchev–Trinajstić information content (AvgIpc) is 2.76. The fourth-order valence-corrected chi connectivity index (χ4v) is 3.98. The van der Waals surface area contributed by atoms with Crippen LogP contribution in [0.15, 0.2) is 36.4 Å². The zero-order chi connectivity index (χ0) is 18.6. The Balaban J connectivity index is 2.39. The highest BCUT2D eigenvalue weighted by Gasteiger charge is 2.32. The van der Waals surface area contributed by atoms with Gasteiger partial charge in [0.15, 0.2) is 0 Å². The normalized spacial score (nSPS) is 14.4. The third-order valence-corrected chi connectivity index (χ3v) is 5.23. The predicted octanol–water partition coefficient (Wildman–Crippen LogP) is 7.43. The lowest BCUT2D eigenvalue weighted by atomic mass is 9.76. The van der Waals surface area contributed by atoms with E-state index in [0.717, 1.165) is 6.42 Å². The van der Waals surface area contributed by atoms with E-state index >= 15 is 0 Å². The molecule has 1 unspecified atom stereocenters. The Morgan fingerprint density at radius 3 is 1.56 bits per heavy atom. The highest BCUT2D eigenvalue weighted by molar-refractivity contribution is 6.08. The lowest BCUT2D eigenvalue weighted by molar-refractivity contribution is 0.178. The van der Waals surface area contributed by atoms with Crippen molar-refractivity contribution in [2.24, 2.45) is 10.8 Å². The van der Waals surface area contributed by atoms with E-state index in [4.69, 9.17) is 0 Å². The molecule has 134 valence electrons. The summed E-state index contributed by atoms with van der Waals surface area (Å²) in [6.07, 6.45) is 1.16. The largest absolute Gasteiger partial charge is 0.337 e. The number of aryl methyl sites for hydroxylation is 2. The van der Waals surface area contributed by atoms with Crippen LogP contribution in [-0.4, -0.2) is 4.57 Å². The molecule has 2 aromatic carbocycles. The second-order valence-corrected chi connectivity index (χ2v) is 10.1. The molecule has 3 aromatic rings. The maximum absolute atomic E-state index is 2.62. The Morgan fingerprint density at radius 2 is 1.20 bits per heavy atom. The van der Waals surface area contributed by atoms with Gasteiger partial charge in [-0.05, 0) is 55.4 Å². The van der Waals surface area contributed by atoms with Crippen LogP contribution in [-0.2, 0) is 0 Å². The number of rotatable bonds is 2. The molecule has 0 radical (unpaired) electrons. The topological polar surface area (TPSA) is 4.93 Å². The molecular weight excluding hydrogens is 302 g/mol. The van der Waals surface area contributed by atoms with Crippen LogP contribution in [0, 0.1) is 24.7 Å². The Morgan fingerprint density at radius 1 is 0.760 bits per heavy atom. The van der Waals surface area contributed by atoms with Gasteiger partial charge in [-0.1, -0.05) is 64.8 Å². The quantitative estimate of drug-likeness (QED) is 0.458. The number of hydrogen-bond acceptors (Lipinski definition) is 0. The number of nitrogens with zero attached hydrogens (tertiary/aromatic N) is 1. The SMILES string of the molecule is Cc1ccc2c(c1)c1cc(C)ccc1n2C(CC(C)(C)C)C(C)(C)C. The first-order chi connectivity index (χ1) is 11.5. The first-order valence-corrected chi connectivity index (χ1v) is 9.48. The smallest absolute Gasteiger partial charge is 0.0494 e. The van der Waals surface area contributed by atoms with E-state index in [1.165, 1.54) is 32.9 Å². The summed E-state index contributed by atoms with van der Waals surface area (Å²) in [5.74, 6) is 0. The molecule has 0 fully saturated rings. The molecule has 1 nitrogen and oxygen atoms in total. The van der Waals surface area contributed by atoms with Crippen molar-refractivity contribution in [3.63, 3.8) is 0 Å². The Bertz CT molecular complexity index is 854. The molecule has 1 atom stereocenters. The minimum atomic E-state index is 0.196. The van der Waals surface area contributed by atoms with Gasteiger partial charge in [0.25, 0.3) is 0 Å². The van der Waals surface area contributed by atoms with Gasteiger partial charge in [0.2, 0.25) is 0 Å². The van der Waals surface area contributed by atoms with E-state index in [9.17, 15) is 0 Å². The molecule has 3 rings (SSSR count). The lowest BCUT2D eigenvalue weighted by Gasteiger charge is -2.38. The Kier molecular flexibility index (Phi) is 4.26. The van der Waals surface area contributed by atoms with Crippen molar-refractivity contribution in [3.05, 3.63) is 47.5 Å². The summed E-state index contributed by atoms with van der Waals surface area (Å²) >= 11 is 0. The van der Waals surface area contributed by atoms with Crippen LogP contribution in [0.3, 0.4) is 0 Å². The Labute approximate surface area is 153 Å². The summed E-state index contributed by atoms with van der Waals surface area (Å²) in [4.78, 5) is 0. The van der Waals surface area contributed by atoms with Crippen molar-refractivity contribution in [2.75, 3.05) is 0 Å². The van der Waals surface area contributed by atoms with Crippen molar-refractivity contribution in [1.29, 1.82) is 0 Å². The lowest BCUT2D eigenvalue weighted by Crippen LogP contribution is -2.28. The highest BCUT2D eigenvalue weighted by atomic mass is 15.0. The maximum atomic E-state index is 2.62. The molecule has 0 saturated carbocycles. The third kappa shape index (κ3) is 3.47. The van der Waals surface area contributed by atoms with Crippen molar-refractivity contribution >= 4 is 21.8 Å². The van der Waals surface area contributed by atoms with E-state index in [0.29, 0.717) is 6.04 Å². The molecule has 25 heavy (non-hydrogen) atoms. The number of benzene rings is 2. The monoisotopic (exact) mass is 335 g/mol. The van der Waals surface area contributed by atoms with E-state index in [2.05, 4.69) is 96.4 Å². The minimum Gasteiger partial charge on any atom is -0.337 e. The van der Waals surface area contributed by atoms with Gasteiger partial charge >= 0.3 is 0 Å². The molecule has 1 heterocycles. The van der Waals surface area contributed by atoms with Gasteiger partial charge in [-0.2, -0.15) is 0 Å². The highest BCUT2D eigenvalue weighted by Crippen LogP contribution is 2.44. The summed E-state index contributed by atoms with van der Waals surface area (Å²) in [6.45, 7) is 18.6. The Hall–Kier alpha value is -1.76. The van der Waals surface area contributed by atoms with E-state index < -0.39 is 0 Å². The van der Waals surface area contributed by atoms with Crippen LogP contribution in [0.4, 0.5) is 0 Å². The van der Waals surface area contributed by atoms with Crippen molar-refractivity contribution in [3.8, 4) is 0 Å². The summed E-state index contributed by atoms with van der Waals surface area (Å²) < 4.78 is 2.62. The first kappa shape index (κ1) is 18.0. The molecule has 0 aliphatic heterocycles. The molecule has 0 aliphatic carbocycles. The molecular formula is C24H33N. The fourth-order valence-electron chi connectivity index (χ4n) is 3.98. The summed E-state index contributed by atoms with van der Waals surface area (Å²) in [6, 6.07) is 14.3. The van der Waals surface area contributed by atoms with E-state index in [1.54, 1.807) is 0 Å². The second-order valence-electron chi connectivity index (χ2n) is 10.1. The van der Waals surface area contributed by atoms with Gasteiger partial charge in [0.05, 0.1) is 0 Å². The summed E-state index contributed by atoms with van der Waals surface area (Å²) in [5.41, 5.74) is 5.89. The minimum absolute atomic E-state index is 0.196. The van der Waals surface area contributed by atoms with Gasteiger partial charge in [0, 0.05) is 27.8 Å². The van der Waals surface area contributed by atoms with Gasteiger partial charge in [-0.25, -0.2) is 0 Å². The molecule has 0 spiro atoms. The fraction of sp³-hybridized carbons (Fsp3) is 0.500. The number of fused-ring (bicyclic) bond motifs is 3. The molecule has 0 amide bonds. The predicted molar refractivity (Wildman–Crippen MR) is 111 cm³/mol. The van der Waals surface area contributed by atoms with Crippen molar-refractivity contribution in [1.82, 2.24) is 4.57 Å². The molecule has 0 N–H and O–H groups in total. The first-order valence-electron chi connectivity index (χ1n) is 9.48. The summed E-state index contributed by atoms with van der Waals surface area (Å²) in [5, 5.41) is 2.78. The number of aromatic nitrogens is 1. The van der Waals surface area contributed by atoms with Crippen LogP contribution in [0.2, 0.25) is 0 Å². The van der Waals surface area contributed by atoms with Crippen LogP contribution < -0.4 is 0 Å². The van der Waals surface area contributed by atoms with Gasteiger partial charge < -0.3 is 4.57 Å². The van der Waals surface area contributed by atoms with Crippen LogP contribution in [0.25, 0.3) is 21.8 Å². The standard InChI is InChI=1S/C24H33N/c1-16-9-11-20-18(13-16)19-14-17(2)10-12-21(19)25(20)22(24(6,7)8)15-23(3,4)5/h9-14,22H,15H2,1-8H3. The summed E-state index contributed by atoms with van der Waals surface area (Å²) in [7, 11) is 0. The van der Waals surface area contributed by atoms with Gasteiger partial charge in [-0.3, -0.25) is 0 Å². The molecule has 1 heteroatoms. The molecule has 0 bridgehead atoms. The van der Waals surface area contributed by atoms with Gasteiger partial charge in [0.1, 0.15) is 0 Å². The zero-order valence-corrected chi connectivity index (χ0v) is 17.2. The molecule has 1 aromatic heterocycles. The van der Waals surface area contributed by atoms with E-state index in [1.807, 2.05) is 0 Å². The van der Waals surface area contributed by atoms with Gasteiger partial charge in [-0.15, -0.1) is 0 Å². The van der Waals surface area contributed by atoms with E-state index in [-0.39, 0.29) is 10.8 Å². The zero-order valence-electron chi connectivity index (χ0n) is 17.2. The molecule has 0 aliphatic rings. The van der Waals surface area contributed by atoms with Crippen LogP contribution in [0.5, 0.6) is 0 Å². The molecule has 0 saturated heterocycles. The van der Waals surface area contributed by atoms with Crippen molar-refractivity contribution < 1.29 is 0 Å². The van der Waals surface area contributed by atoms with Crippen LogP contribution in [0.1, 0.15) is 65.1 Å². The average molecular weight is 336 g/mol. The maximum Gasteiger partial charge on any atom is 0.0494 e. The van der Waals surface area contributed by atoms with Crippen LogP contribution >= 0.6 is 0 Å².